The van der Waals surface area contributed by atoms with Crippen LogP contribution in [0.15, 0.2) is 84.9 Å². The van der Waals surface area contributed by atoms with E-state index in [1.807, 2.05) is 48.5 Å². The van der Waals surface area contributed by atoms with Crippen molar-refractivity contribution in [3.05, 3.63) is 101 Å². The zero-order valence-corrected chi connectivity index (χ0v) is 24.4. The third-order valence-electron chi connectivity index (χ3n) is 6.41. The number of carbonyl (C=O) groups excluding carboxylic acids is 2. The number of rotatable bonds is 8. The molecular weight excluding hydrogens is 577 g/mol. The Hall–Kier alpha value is -4.66. The predicted molar refractivity (Wildman–Crippen MR) is 163 cm³/mol. The lowest BCUT2D eigenvalue weighted by Gasteiger charge is -2.15. The summed E-state index contributed by atoms with van der Waals surface area (Å²) in [5, 5.41) is 3.38. The van der Waals surface area contributed by atoms with Crippen LogP contribution in [0.3, 0.4) is 0 Å². The SMILES string of the molecule is COc1ccc(-c2nc3ccc(C(=O)OC(C)C(=O)Nc4cc(Cl)cc(Cl)c4)cc3nc2-c2ccc(OC)cc2)cc1. The zero-order valence-electron chi connectivity index (χ0n) is 22.9. The number of hydrogen-bond donors (Lipinski definition) is 1. The van der Waals surface area contributed by atoms with E-state index in [0.29, 0.717) is 43.9 Å². The first-order valence-electron chi connectivity index (χ1n) is 12.8. The summed E-state index contributed by atoms with van der Waals surface area (Å²) in [6, 6.07) is 24.5. The average Bonchev–Trinajstić information content (AvgIpc) is 2.99. The molecule has 0 saturated carbocycles. The van der Waals surface area contributed by atoms with E-state index in [-0.39, 0.29) is 5.56 Å². The maximum absolute atomic E-state index is 13.0. The third kappa shape index (κ3) is 6.46. The molecule has 8 nitrogen and oxygen atoms in total. The smallest absolute Gasteiger partial charge is 0.338 e. The summed E-state index contributed by atoms with van der Waals surface area (Å²) in [6.07, 6.45) is -1.09. The highest BCUT2D eigenvalue weighted by Gasteiger charge is 2.21. The number of nitrogens with zero attached hydrogens (tertiary/aromatic N) is 2. The van der Waals surface area contributed by atoms with Crippen LogP contribution in [0.4, 0.5) is 5.69 Å². The van der Waals surface area contributed by atoms with Crippen LogP contribution in [0.2, 0.25) is 10.0 Å². The molecule has 212 valence electrons. The van der Waals surface area contributed by atoms with E-state index >= 15 is 0 Å². The van der Waals surface area contributed by atoms with E-state index in [4.69, 9.17) is 47.4 Å². The van der Waals surface area contributed by atoms with Gasteiger partial charge in [-0.25, -0.2) is 14.8 Å². The van der Waals surface area contributed by atoms with Crippen molar-refractivity contribution in [3.63, 3.8) is 0 Å². The Morgan fingerprint density at radius 3 is 1.76 bits per heavy atom. The van der Waals surface area contributed by atoms with Crippen molar-refractivity contribution in [1.82, 2.24) is 9.97 Å². The molecule has 1 aromatic heterocycles. The molecule has 0 fully saturated rings. The van der Waals surface area contributed by atoms with Gasteiger partial charge in [-0.1, -0.05) is 23.2 Å². The van der Waals surface area contributed by atoms with Crippen molar-refractivity contribution in [2.45, 2.75) is 13.0 Å². The Kier molecular flexibility index (Phi) is 8.56. The number of nitrogens with one attached hydrogen (secondary N) is 1. The number of esters is 1. The molecule has 0 saturated heterocycles. The molecule has 0 bridgehead atoms. The van der Waals surface area contributed by atoms with Crippen LogP contribution in [0.1, 0.15) is 17.3 Å². The molecule has 1 atom stereocenters. The lowest BCUT2D eigenvalue weighted by Crippen LogP contribution is -2.30. The second-order valence-electron chi connectivity index (χ2n) is 9.28. The van der Waals surface area contributed by atoms with E-state index in [0.717, 1.165) is 16.9 Å². The molecule has 5 rings (SSSR count). The van der Waals surface area contributed by atoms with Gasteiger partial charge in [0.25, 0.3) is 5.91 Å². The second-order valence-corrected chi connectivity index (χ2v) is 10.1. The number of hydrogen-bond acceptors (Lipinski definition) is 7. The fourth-order valence-electron chi connectivity index (χ4n) is 4.23. The minimum atomic E-state index is -1.09. The number of amides is 1. The molecule has 42 heavy (non-hydrogen) atoms. The summed E-state index contributed by atoms with van der Waals surface area (Å²) in [5.74, 6) is 0.213. The van der Waals surface area contributed by atoms with E-state index in [1.165, 1.54) is 6.92 Å². The number of ether oxygens (including phenoxy) is 3. The molecule has 0 aliphatic heterocycles. The Morgan fingerprint density at radius 1 is 0.714 bits per heavy atom. The molecule has 10 heteroatoms. The maximum atomic E-state index is 13.0. The fraction of sp³-hybridized carbons (Fsp3) is 0.125. The molecule has 4 aromatic carbocycles. The highest BCUT2D eigenvalue weighted by molar-refractivity contribution is 6.35. The Labute approximate surface area is 252 Å². The number of anilines is 1. The van der Waals surface area contributed by atoms with Crippen LogP contribution in [0, 0.1) is 0 Å². The standard InChI is InChI=1S/C32H25Cl2N3O5/c1-18(31(38)35-24-16-22(33)15-23(34)17-24)42-32(39)21-8-13-27-28(14-21)37-30(20-6-11-26(41-3)12-7-20)29(36-27)19-4-9-25(40-2)10-5-19/h4-18H,1-3H3,(H,35,38). The monoisotopic (exact) mass is 601 g/mol. The zero-order chi connectivity index (χ0) is 29.8. The average molecular weight is 602 g/mol. The summed E-state index contributed by atoms with van der Waals surface area (Å²) >= 11 is 12.0. The summed E-state index contributed by atoms with van der Waals surface area (Å²) in [4.78, 5) is 35.5. The van der Waals surface area contributed by atoms with E-state index in [9.17, 15) is 9.59 Å². The lowest BCUT2D eigenvalue weighted by molar-refractivity contribution is -0.123. The topological polar surface area (TPSA) is 99.6 Å². The van der Waals surface area contributed by atoms with Crippen LogP contribution in [-0.2, 0) is 9.53 Å². The normalized spacial score (nSPS) is 11.5. The van der Waals surface area contributed by atoms with Crippen molar-refractivity contribution >= 4 is 51.8 Å². The van der Waals surface area contributed by atoms with Crippen molar-refractivity contribution in [3.8, 4) is 34.0 Å². The molecule has 1 N–H and O–H groups in total. The van der Waals surface area contributed by atoms with Gasteiger partial charge in [0, 0.05) is 26.9 Å². The van der Waals surface area contributed by atoms with Gasteiger partial charge in [-0.2, -0.15) is 0 Å². The van der Waals surface area contributed by atoms with Crippen molar-refractivity contribution in [2.24, 2.45) is 0 Å². The number of fused-ring (bicyclic) bond motifs is 1. The fourth-order valence-corrected chi connectivity index (χ4v) is 4.76. The number of carbonyl (C=O) groups is 2. The van der Waals surface area contributed by atoms with Crippen molar-refractivity contribution < 1.29 is 23.8 Å². The summed E-state index contributed by atoms with van der Waals surface area (Å²) in [7, 11) is 3.21. The number of halogens is 2. The first-order chi connectivity index (χ1) is 20.2. The molecular formula is C32H25Cl2N3O5. The molecule has 5 aromatic rings. The quantitative estimate of drug-likeness (QED) is 0.184. The maximum Gasteiger partial charge on any atom is 0.338 e. The van der Waals surface area contributed by atoms with Gasteiger partial charge in [-0.05, 0) is 91.9 Å². The Balaban J connectivity index is 1.45. The summed E-state index contributed by atoms with van der Waals surface area (Å²) in [5.41, 5.74) is 4.62. The summed E-state index contributed by atoms with van der Waals surface area (Å²) < 4.78 is 16.1. The molecule has 0 spiro atoms. The molecule has 1 amide bonds. The van der Waals surface area contributed by atoms with E-state index in [1.54, 1.807) is 50.6 Å². The van der Waals surface area contributed by atoms with Gasteiger partial charge in [0.15, 0.2) is 6.10 Å². The second kappa shape index (κ2) is 12.5. The highest BCUT2D eigenvalue weighted by Crippen LogP contribution is 2.33. The van der Waals surface area contributed by atoms with Crippen LogP contribution < -0.4 is 14.8 Å². The molecule has 1 unspecified atom stereocenters. The molecule has 0 aliphatic carbocycles. The van der Waals surface area contributed by atoms with Gasteiger partial charge in [-0.15, -0.1) is 0 Å². The van der Waals surface area contributed by atoms with E-state index < -0.39 is 18.0 Å². The first kappa shape index (κ1) is 28.9. The van der Waals surface area contributed by atoms with Crippen molar-refractivity contribution in [1.29, 1.82) is 0 Å². The van der Waals surface area contributed by atoms with Crippen LogP contribution >= 0.6 is 23.2 Å². The van der Waals surface area contributed by atoms with E-state index in [2.05, 4.69) is 5.32 Å². The van der Waals surface area contributed by atoms with Crippen LogP contribution in [0.5, 0.6) is 11.5 Å². The molecule has 0 radical (unpaired) electrons. The van der Waals surface area contributed by atoms with Crippen LogP contribution in [0.25, 0.3) is 33.5 Å². The first-order valence-corrected chi connectivity index (χ1v) is 13.6. The van der Waals surface area contributed by atoms with Gasteiger partial charge in [0.05, 0.1) is 42.2 Å². The molecule has 0 aliphatic rings. The van der Waals surface area contributed by atoms with Gasteiger partial charge in [0.2, 0.25) is 0 Å². The number of aromatic nitrogens is 2. The van der Waals surface area contributed by atoms with Crippen molar-refractivity contribution in [2.75, 3.05) is 19.5 Å². The van der Waals surface area contributed by atoms with Gasteiger partial charge < -0.3 is 19.5 Å². The molecule has 1 heterocycles. The number of benzene rings is 4. The minimum Gasteiger partial charge on any atom is -0.497 e. The van der Waals surface area contributed by atoms with Crippen LogP contribution in [-0.4, -0.2) is 42.2 Å². The van der Waals surface area contributed by atoms with Gasteiger partial charge in [0.1, 0.15) is 11.5 Å². The largest absolute Gasteiger partial charge is 0.497 e. The predicted octanol–water partition coefficient (Wildman–Crippen LogP) is 7.47. The highest BCUT2D eigenvalue weighted by atomic mass is 35.5. The third-order valence-corrected chi connectivity index (χ3v) is 6.85. The Bertz CT molecular complexity index is 1760. The summed E-state index contributed by atoms with van der Waals surface area (Å²) in [6.45, 7) is 1.48. The Morgan fingerprint density at radius 2 is 1.24 bits per heavy atom. The van der Waals surface area contributed by atoms with Gasteiger partial charge in [-0.3, -0.25) is 4.79 Å². The van der Waals surface area contributed by atoms with Gasteiger partial charge >= 0.3 is 5.97 Å². The number of methoxy groups -OCH3 is 2. The minimum absolute atomic E-state index is 0.222. The lowest BCUT2D eigenvalue weighted by atomic mass is 10.0.